The Bertz CT molecular complexity index is 1880. The number of aromatic nitrogens is 2. The van der Waals surface area contributed by atoms with Gasteiger partial charge in [-0.1, -0.05) is 52.5 Å². The molecule has 0 amide bonds. The van der Waals surface area contributed by atoms with E-state index >= 15 is 0 Å². The third-order valence-electron chi connectivity index (χ3n) is 7.77. The molecule has 1 aliphatic heterocycles. The molecule has 240 valence electrons. The van der Waals surface area contributed by atoms with Gasteiger partial charge in [-0.3, -0.25) is 4.55 Å². The topological polar surface area (TPSA) is 127 Å². The number of benzene rings is 2. The molecule has 2 heterocycles. The Balaban J connectivity index is 0.00000552. The number of halogens is 4. The number of hydrogen-bond acceptors (Lipinski definition) is 7. The molecular weight excluding hydrogens is 733 g/mol. The molecule has 0 aliphatic carbocycles. The average molecular weight is 766 g/mol. The smallest absolute Gasteiger partial charge is 0.748 e. The van der Waals surface area contributed by atoms with E-state index in [0.717, 1.165) is 22.7 Å². The van der Waals surface area contributed by atoms with Crippen LogP contribution in [0.25, 0.3) is 17.1 Å². The summed E-state index contributed by atoms with van der Waals surface area (Å²) in [6, 6.07) is 6.89. The first-order valence-electron chi connectivity index (χ1n) is 13.7. The van der Waals surface area contributed by atoms with E-state index in [1.165, 1.54) is 13.8 Å². The van der Waals surface area contributed by atoms with Crippen LogP contribution in [0.3, 0.4) is 0 Å². The molecule has 2 aromatic carbocycles. The average Bonchev–Trinajstić information content (AvgIpc) is 3.34. The van der Waals surface area contributed by atoms with Gasteiger partial charge in [0.1, 0.15) is 5.82 Å². The Morgan fingerprint density at radius 3 is 1.98 bits per heavy atom. The van der Waals surface area contributed by atoms with E-state index in [4.69, 9.17) is 46.4 Å². The molecule has 0 radical (unpaired) electrons. The molecule has 2 atom stereocenters. The molecule has 0 spiro atoms. The van der Waals surface area contributed by atoms with E-state index < -0.39 is 30.7 Å². The number of imidazole rings is 1. The van der Waals surface area contributed by atoms with Gasteiger partial charge in [0.15, 0.2) is 11.0 Å². The summed E-state index contributed by atoms with van der Waals surface area (Å²) in [6.45, 7) is 5.82. The number of hydrogen-bond donors (Lipinski definition) is 1. The second-order valence-corrected chi connectivity index (χ2v) is 15.8. The SMILES string of the molecule is CCN1C(=CC=Cc2n(CCC(C)S(=O)(=O)[O-])c3cc(Cl)c(Cl)cc3[n+]2C)N(CCC(C)S(=O)(=O)O)c2cc(Cl)c(Cl)cc21.[K+]. The van der Waals surface area contributed by atoms with Gasteiger partial charge in [0, 0.05) is 37.7 Å². The van der Waals surface area contributed by atoms with Gasteiger partial charge in [-0.2, -0.15) is 8.42 Å². The van der Waals surface area contributed by atoms with Crippen molar-refractivity contribution in [1.82, 2.24) is 4.57 Å². The maximum atomic E-state index is 11.7. The quantitative estimate of drug-likeness (QED) is 0.179. The van der Waals surface area contributed by atoms with Gasteiger partial charge in [0.25, 0.3) is 15.9 Å². The predicted octanol–water partition coefficient (Wildman–Crippen LogP) is 3.27. The minimum Gasteiger partial charge on any atom is -0.748 e. The van der Waals surface area contributed by atoms with Crippen molar-refractivity contribution in [1.29, 1.82) is 0 Å². The Labute approximate surface area is 326 Å². The molecule has 0 saturated heterocycles. The van der Waals surface area contributed by atoms with Crippen LogP contribution in [-0.2, 0) is 33.8 Å². The van der Waals surface area contributed by atoms with Crippen LogP contribution >= 0.6 is 46.4 Å². The maximum Gasteiger partial charge on any atom is 1.00 e. The third-order valence-corrected chi connectivity index (χ3v) is 11.7. The van der Waals surface area contributed by atoms with Gasteiger partial charge in [-0.15, -0.1) is 0 Å². The van der Waals surface area contributed by atoms with E-state index in [-0.39, 0.29) is 77.3 Å². The van der Waals surface area contributed by atoms with Crippen molar-refractivity contribution in [3.05, 3.63) is 68.2 Å². The molecular formula is C28H32Cl4KN4O6S2+. The molecule has 1 aliphatic rings. The fourth-order valence-electron chi connectivity index (χ4n) is 5.11. The number of aryl methyl sites for hydroxylation is 2. The fraction of sp³-hybridized carbons (Fsp3) is 0.393. The van der Waals surface area contributed by atoms with E-state index in [0.29, 0.717) is 38.0 Å². The molecule has 1 aromatic heterocycles. The summed E-state index contributed by atoms with van der Waals surface area (Å²) in [5, 5.41) is -0.691. The van der Waals surface area contributed by atoms with E-state index in [2.05, 4.69) is 0 Å². The Morgan fingerprint density at radius 2 is 1.42 bits per heavy atom. The van der Waals surface area contributed by atoms with Crippen molar-refractivity contribution in [3.63, 3.8) is 0 Å². The summed E-state index contributed by atoms with van der Waals surface area (Å²) in [5.41, 5.74) is 2.98. The zero-order valence-corrected chi connectivity index (χ0v) is 33.1. The summed E-state index contributed by atoms with van der Waals surface area (Å²) in [4.78, 5) is 3.93. The molecule has 17 heteroatoms. The summed E-state index contributed by atoms with van der Waals surface area (Å²) < 4.78 is 71.6. The molecule has 3 aromatic rings. The van der Waals surface area contributed by atoms with Crippen molar-refractivity contribution in [3.8, 4) is 0 Å². The molecule has 0 saturated carbocycles. The van der Waals surface area contributed by atoms with Crippen molar-refractivity contribution < 1.29 is 81.9 Å². The maximum absolute atomic E-state index is 11.7. The Hall–Kier alpha value is -0.394. The number of allylic oxidation sites excluding steroid dienone is 2. The molecule has 1 N–H and O–H groups in total. The Morgan fingerprint density at radius 1 is 0.889 bits per heavy atom. The van der Waals surface area contributed by atoms with Gasteiger partial charge in [0.05, 0.1) is 65.7 Å². The van der Waals surface area contributed by atoms with Crippen LogP contribution in [0.2, 0.25) is 20.1 Å². The standard InChI is InChI=1S/C28H32Cl4N4O6S2.K/c1-5-34-25-15-21(31)22(32)16-26(25)36(12-10-18(3)44(40,41)42)28(34)8-6-7-27-33(4)23-13-19(29)20(30)14-24(23)35(27)11-9-17(2)43(37,38)39;/h6-8,13-18H,5,9-12H2,1-4H3,(H-,37,38,39,40,41,42);/q;+1. The summed E-state index contributed by atoms with van der Waals surface area (Å²) >= 11 is 25.4. The zero-order chi connectivity index (χ0) is 32.7. The van der Waals surface area contributed by atoms with Crippen molar-refractivity contribution in [2.45, 2.75) is 50.7 Å². The van der Waals surface area contributed by atoms with Gasteiger partial charge < -0.3 is 14.4 Å². The molecule has 45 heavy (non-hydrogen) atoms. The summed E-state index contributed by atoms with van der Waals surface area (Å²) in [5.74, 6) is 1.41. The van der Waals surface area contributed by atoms with Crippen molar-refractivity contribution >= 4 is 95.1 Å². The van der Waals surface area contributed by atoms with Gasteiger partial charge >= 0.3 is 51.4 Å². The molecule has 10 nitrogen and oxygen atoms in total. The van der Waals surface area contributed by atoms with Crippen LogP contribution < -0.4 is 65.8 Å². The van der Waals surface area contributed by atoms with Crippen LogP contribution in [-0.4, -0.2) is 54.1 Å². The first-order valence-corrected chi connectivity index (χ1v) is 18.1. The van der Waals surface area contributed by atoms with Crippen LogP contribution in [0.5, 0.6) is 0 Å². The minimum absolute atomic E-state index is 0. The summed E-state index contributed by atoms with van der Waals surface area (Å²) in [7, 11) is -6.87. The molecule has 2 unspecified atom stereocenters. The van der Waals surface area contributed by atoms with Gasteiger partial charge in [-0.25, -0.2) is 17.6 Å². The van der Waals surface area contributed by atoms with Gasteiger partial charge in [0.2, 0.25) is 0 Å². The number of rotatable bonds is 11. The normalized spacial score (nSPS) is 16.1. The molecule has 4 rings (SSSR count). The van der Waals surface area contributed by atoms with E-state index in [1.807, 2.05) is 51.1 Å². The van der Waals surface area contributed by atoms with E-state index in [1.54, 1.807) is 24.3 Å². The second kappa shape index (κ2) is 15.4. The van der Waals surface area contributed by atoms with Gasteiger partial charge in [-0.05, 0) is 45.4 Å². The predicted molar refractivity (Wildman–Crippen MR) is 176 cm³/mol. The molecule has 0 fully saturated rings. The van der Waals surface area contributed by atoms with Crippen molar-refractivity contribution in [2.24, 2.45) is 7.05 Å². The number of anilines is 2. The number of fused-ring (bicyclic) bond motifs is 2. The zero-order valence-electron chi connectivity index (χ0n) is 25.3. The largest absolute Gasteiger partial charge is 1.00 e. The Kier molecular flexibility index (Phi) is 13.4. The third kappa shape index (κ3) is 8.62. The van der Waals surface area contributed by atoms with Crippen LogP contribution in [0.4, 0.5) is 11.4 Å². The monoisotopic (exact) mass is 763 g/mol. The second-order valence-electron chi connectivity index (χ2n) is 10.6. The first-order chi connectivity index (χ1) is 20.4. The number of nitrogens with zero attached hydrogens (tertiary/aromatic N) is 4. The van der Waals surface area contributed by atoms with Crippen LogP contribution in [0.15, 0.2) is 42.2 Å². The first kappa shape index (κ1) is 39.0. The molecule has 0 bridgehead atoms. The minimum atomic E-state index is -4.47. The van der Waals surface area contributed by atoms with Crippen LogP contribution in [0, 0.1) is 0 Å². The van der Waals surface area contributed by atoms with E-state index in [9.17, 15) is 25.9 Å². The van der Waals surface area contributed by atoms with Crippen LogP contribution in [0.1, 0.15) is 39.4 Å². The summed E-state index contributed by atoms with van der Waals surface area (Å²) in [6.07, 6.45) is 5.73. The van der Waals surface area contributed by atoms with Crippen molar-refractivity contribution in [2.75, 3.05) is 22.9 Å². The fourth-order valence-corrected chi connectivity index (χ4v) is 6.54.